The molecule has 1 aliphatic heterocycles. The van der Waals surface area contributed by atoms with E-state index in [2.05, 4.69) is 5.32 Å². The van der Waals surface area contributed by atoms with Crippen LogP contribution in [0.1, 0.15) is 57.4 Å². The number of benzene rings is 1. The number of nitrogens with zero attached hydrogens (tertiary/aromatic N) is 1. The lowest BCUT2D eigenvalue weighted by molar-refractivity contribution is -0.140. The van der Waals surface area contributed by atoms with Gasteiger partial charge in [0.25, 0.3) is 0 Å². The minimum Gasteiger partial charge on any atom is -0.356 e. The third kappa shape index (κ3) is 3.99. The summed E-state index contributed by atoms with van der Waals surface area (Å²) >= 11 is 0. The maximum Gasteiger partial charge on any atom is 0.233 e. The van der Waals surface area contributed by atoms with Crippen molar-refractivity contribution in [2.24, 2.45) is 5.92 Å². The molecule has 27 heavy (non-hydrogen) atoms. The lowest BCUT2D eigenvalue weighted by Gasteiger charge is -2.38. The average molecular weight is 378 g/mol. The van der Waals surface area contributed by atoms with E-state index < -0.39 is 17.0 Å². The molecule has 0 radical (unpaired) electrons. The number of carbonyl (C=O) groups excluding carboxylic acids is 2. The Kier molecular flexibility index (Phi) is 6.12. The van der Waals surface area contributed by atoms with Crippen molar-refractivity contribution in [3.63, 3.8) is 0 Å². The molecule has 4 nitrogen and oxygen atoms in total. The molecule has 3 rings (SSSR count). The highest BCUT2D eigenvalue weighted by atomic mass is 19.1. The van der Waals surface area contributed by atoms with Crippen LogP contribution in [0.5, 0.6) is 0 Å². The van der Waals surface area contributed by atoms with Crippen molar-refractivity contribution in [1.82, 2.24) is 10.2 Å². The van der Waals surface area contributed by atoms with Gasteiger partial charge in [-0.05, 0) is 38.2 Å². The van der Waals surface area contributed by atoms with E-state index in [1.165, 1.54) is 12.1 Å². The van der Waals surface area contributed by atoms with E-state index in [0.29, 0.717) is 50.9 Å². The molecule has 0 bridgehead atoms. The van der Waals surface area contributed by atoms with Crippen LogP contribution >= 0.6 is 0 Å². The Morgan fingerprint density at radius 1 is 1.19 bits per heavy atom. The van der Waals surface area contributed by atoms with Crippen LogP contribution in [0.3, 0.4) is 0 Å². The Hall–Kier alpha value is -1.98. The molecular formula is C21H28F2N2O2. The van der Waals surface area contributed by atoms with Crippen molar-refractivity contribution in [1.29, 1.82) is 0 Å². The second-order valence-corrected chi connectivity index (χ2v) is 7.77. The summed E-state index contributed by atoms with van der Waals surface area (Å²) in [6.45, 7) is 3.70. The Labute approximate surface area is 159 Å². The summed E-state index contributed by atoms with van der Waals surface area (Å²) in [6, 6.07) is 3.53. The third-order valence-corrected chi connectivity index (χ3v) is 6.02. The summed E-state index contributed by atoms with van der Waals surface area (Å²) in [5.41, 5.74) is -0.580. The van der Waals surface area contributed by atoms with Gasteiger partial charge in [0.2, 0.25) is 11.8 Å². The molecule has 1 aromatic rings. The van der Waals surface area contributed by atoms with Crippen LogP contribution in [0.4, 0.5) is 8.78 Å². The molecular weight excluding hydrogens is 350 g/mol. The Bertz CT molecular complexity index is 693. The topological polar surface area (TPSA) is 49.4 Å². The highest BCUT2D eigenvalue weighted by Crippen LogP contribution is 2.44. The van der Waals surface area contributed by atoms with E-state index in [1.54, 1.807) is 4.90 Å². The van der Waals surface area contributed by atoms with E-state index in [1.807, 2.05) is 6.92 Å². The van der Waals surface area contributed by atoms with Crippen molar-refractivity contribution >= 4 is 11.8 Å². The van der Waals surface area contributed by atoms with E-state index in [4.69, 9.17) is 0 Å². The maximum atomic E-state index is 14.5. The van der Waals surface area contributed by atoms with Crippen molar-refractivity contribution in [3.8, 4) is 0 Å². The molecule has 1 saturated heterocycles. The first-order chi connectivity index (χ1) is 13.0. The zero-order valence-electron chi connectivity index (χ0n) is 15.9. The highest BCUT2D eigenvalue weighted by molar-refractivity contribution is 5.89. The predicted molar refractivity (Wildman–Crippen MR) is 99.1 cm³/mol. The summed E-state index contributed by atoms with van der Waals surface area (Å²) in [5.74, 6) is -1.35. The number of piperidine rings is 1. The van der Waals surface area contributed by atoms with Crippen molar-refractivity contribution in [2.75, 3.05) is 19.6 Å². The van der Waals surface area contributed by atoms with Crippen LogP contribution in [0.15, 0.2) is 18.2 Å². The van der Waals surface area contributed by atoms with Crippen LogP contribution in [0, 0.1) is 17.6 Å². The normalized spacial score (nSPS) is 19.9. The van der Waals surface area contributed by atoms with Gasteiger partial charge in [0.15, 0.2) is 0 Å². The standard InChI is InChI=1S/C21H28F2N2O2/c1-2-11-24-19(26)15-7-12-25(13-8-15)20(27)21(9-3-4-10-21)17-6-5-16(22)14-18(17)23/h5-6,14-15H,2-4,7-13H2,1H3,(H,24,26). The van der Waals surface area contributed by atoms with Gasteiger partial charge >= 0.3 is 0 Å². The van der Waals surface area contributed by atoms with Crippen LogP contribution in [0.25, 0.3) is 0 Å². The lowest BCUT2D eigenvalue weighted by Crippen LogP contribution is -2.50. The van der Waals surface area contributed by atoms with Crippen LogP contribution in [-0.4, -0.2) is 36.3 Å². The number of carbonyl (C=O) groups is 2. The van der Waals surface area contributed by atoms with E-state index in [0.717, 1.165) is 25.3 Å². The molecule has 1 N–H and O–H groups in total. The molecule has 6 heteroatoms. The molecule has 2 fully saturated rings. The molecule has 0 spiro atoms. The first kappa shape index (κ1) is 19.8. The predicted octanol–water partition coefficient (Wildman–Crippen LogP) is 3.54. The quantitative estimate of drug-likeness (QED) is 0.852. The second kappa shape index (κ2) is 8.36. The molecule has 1 saturated carbocycles. The zero-order valence-corrected chi connectivity index (χ0v) is 15.9. The fraction of sp³-hybridized carbons (Fsp3) is 0.619. The first-order valence-corrected chi connectivity index (χ1v) is 10.0. The smallest absolute Gasteiger partial charge is 0.233 e. The minimum atomic E-state index is -0.894. The number of nitrogens with one attached hydrogen (secondary N) is 1. The fourth-order valence-electron chi connectivity index (χ4n) is 4.49. The van der Waals surface area contributed by atoms with Gasteiger partial charge in [-0.1, -0.05) is 25.8 Å². The largest absolute Gasteiger partial charge is 0.356 e. The Morgan fingerprint density at radius 2 is 1.85 bits per heavy atom. The van der Waals surface area contributed by atoms with Gasteiger partial charge in [-0.15, -0.1) is 0 Å². The number of likely N-dealkylation sites (tertiary alicyclic amines) is 1. The fourth-order valence-corrected chi connectivity index (χ4v) is 4.49. The summed E-state index contributed by atoms with van der Waals surface area (Å²) in [7, 11) is 0. The van der Waals surface area contributed by atoms with Gasteiger partial charge in [0.05, 0.1) is 5.41 Å². The first-order valence-electron chi connectivity index (χ1n) is 10.0. The molecule has 2 amide bonds. The van der Waals surface area contributed by atoms with Gasteiger partial charge in [-0.3, -0.25) is 9.59 Å². The molecule has 1 heterocycles. The molecule has 0 atom stereocenters. The van der Waals surface area contributed by atoms with Gasteiger partial charge < -0.3 is 10.2 Å². The SMILES string of the molecule is CCCNC(=O)C1CCN(C(=O)C2(c3ccc(F)cc3F)CCCC2)CC1. The van der Waals surface area contributed by atoms with Crippen LogP contribution in [0.2, 0.25) is 0 Å². The van der Waals surface area contributed by atoms with Crippen LogP contribution in [-0.2, 0) is 15.0 Å². The number of halogens is 2. The van der Waals surface area contributed by atoms with Crippen molar-refractivity contribution in [3.05, 3.63) is 35.4 Å². The number of hydrogen-bond acceptors (Lipinski definition) is 2. The molecule has 1 aromatic carbocycles. The van der Waals surface area contributed by atoms with Gasteiger partial charge in [0, 0.05) is 37.2 Å². The third-order valence-electron chi connectivity index (χ3n) is 6.02. The zero-order chi connectivity index (χ0) is 19.4. The number of amides is 2. The van der Waals surface area contributed by atoms with Crippen molar-refractivity contribution in [2.45, 2.75) is 57.3 Å². The summed E-state index contributed by atoms with van der Waals surface area (Å²) in [6.07, 6.45) is 5.05. The summed E-state index contributed by atoms with van der Waals surface area (Å²) in [5, 5.41) is 2.92. The summed E-state index contributed by atoms with van der Waals surface area (Å²) in [4.78, 5) is 27.3. The Balaban J connectivity index is 1.73. The maximum absolute atomic E-state index is 14.5. The van der Waals surface area contributed by atoms with E-state index in [9.17, 15) is 18.4 Å². The van der Waals surface area contributed by atoms with Crippen LogP contribution < -0.4 is 5.32 Å². The van der Waals surface area contributed by atoms with Gasteiger partial charge in [-0.2, -0.15) is 0 Å². The molecule has 1 aliphatic carbocycles. The monoisotopic (exact) mass is 378 g/mol. The summed E-state index contributed by atoms with van der Waals surface area (Å²) < 4.78 is 27.8. The molecule has 148 valence electrons. The second-order valence-electron chi connectivity index (χ2n) is 7.77. The molecule has 2 aliphatic rings. The van der Waals surface area contributed by atoms with Crippen molar-refractivity contribution < 1.29 is 18.4 Å². The van der Waals surface area contributed by atoms with E-state index >= 15 is 0 Å². The number of rotatable bonds is 5. The highest BCUT2D eigenvalue weighted by Gasteiger charge is 2.47. The lowest BCUT2D eigenvalue weighted by atomic mass is 9.76. The van der Waals surface area contributed by atoms with E-state index in [-0.39, 0.29) is 17.7 Å². The molecule has 0 unspecified atom stereocenters. The molecule has 0 aromatic heterocycles. The van der Waals surface area contributed by atoms with Gasteiger partial charge in [-0.25, -0.2) is 8.78 Å². The minimum absolute atomic E-state index is 0.0594. The Morgan fingerprint density at radius 3 is 2.44 bits per heavy atom. The number of hydrogen-bond donors (Lipinski definition) is 1. The van der Waals surface area contributed by atoms with Gasteiger partial charge in [0.1, 0.15) is 11.6 Å². The average Bonchev–Trinajstić information content (AvgIpc) is 3.16.